The van der Waals surface area contributed by atoms with Crippen LogP contribution in [0.1, 0.15) is 45.1 Å². The molecule has 80 valence electrons. The number of rotatable bonds is 1. The van der Waals surface area contributed by atoms with E-state index in [9.17, 15) is 0 Å². The summed E-state index contributed by atoms with van der Waals surface area (Å²) < 4.78 is 0. The fourth-order valence-electron chi connectivity index (χ4n) is 2.18. The van der Waals surface area contributed by atoms with Crippen LogP contribution in [0.25, 0.3) is 6.08 Å². The molecule has 1 saturated carbocycles. The maximum absolute atomic E-state index is 2.38. The third-order valence-corrected chi connectivity index (χ3v) is 3.42. The van der Waals surface area contributed by atoms with Crippen LogP contribution in [0.15, 0.2) is 35.9 Å². The molecule has 1 aliphatic rings. The molecule has 0 saturated heterocycles. The van der Waals surface area contributed by atoms with Crippen molar-refractivity contribution in [1.29, 1.82) is 0 Å². The average molecular weight is 200 g/mol. The van der Waals surface area contributed by atoms with Gasteiger partial charge in [-0.05, 0) is 36.7 Å². The zero-order valence-corrected chi connectivity index (χ0v) is 9.79. The van der Waals surface area contributed by atoms with Gasteiger partial charge in [0.05, 0.1) is 0 Å². The van der Waals surface area contributed by atoms with Crippen molar-refractivity contribution in [2.45, 2.75) is 39.5 Å². The smallest absolute Gasteiger partial charge is 0.0257 e. The highest BCUT2D eigenvalue weighted by Gasteiger charge is 2.22. The maximum Gasteiger partial charge on any atom is -0.0257 e. The molecule has 0 spiro atoms. The highest BCUT2D eigenvalue weighted by molar-refractivity contribution is 5.52. The summed E-state index contributed by atoms with van der Waals surface area (Å²) in [5, 5.41) is 0. The fourth-order valence-corrected chi connectivity index (χ4v) is 2.18. The molecule has 0 amide bonds. The lowest BCUT2D eigenvalue weighted by molar-refractivity contribution is 0.279. The van der Waals surface area contributed by atoms with Crippen LogP contribution in [0, 0.1) is 5.41 Å². The Kier molecular flexibility index (Phi) is 2.95. The lowest BCUT2D eigenvalue weighted by Crippen LogP contribution is -2.16. The molecule has 0 nitrogen and oxygen atoms in total. The summed E-state index contributed by atoms with van der Waals surface area (Å²) >= 11 is 0. The van der Waals surface area contributed by atoms with Gasteiger partial charge in [0.25, 0.3) is 0 Å². The predicted molar refractivity (Wildman–Crippen MR) is 66.7 cm³/mol. The van der Waals surface area contributed by atoms with E-state index in [1.807, 2.05) is 0 Å². The van der Waals surface area contributed by atoms with Gasteiger partial charge in [0.1, 0.15) is 0 Å². The Balaban J connectivity index is 2.05. The van der Waals surface area contributed by atoms with Gasteiger partial charge in [0.2, 0.25) is 0 Å². The summed E-state index contributed by atoms with van der Waals surface area (Å²) in [7, 11) is 0. The molecule has 1 fully saturated rings. The van der Waals surface area contributed by atoms with E-state index in [0.29, 0.717) is 5.41 Å². The van der Waals surface area contributed by atoms with Crippen molar-refractivity contribution in [3.05, 3.63) is 41.5 Å². The summed E-state index contributed by atoms with van der Waals surface area (Å²) in [6.07, 6.45) is 7.61. The van der Waals surface area contributed by atoms with Crippen molar-refractivity contribution < 1.29 is 0 Å². The minimum atomic E-state index is 0.564. The first-order valence-corrected chi connectivity index (χ1v) is 5.90. The van der Waals surface area contributed by atoms with E-state index in [-0.39, 0.29) is 0 Å². The Bertz CT molecular complexity index is 332. The van der Waals surface area contributed by atoms with Crippen LogP contribution in [-0.4, -0.2) is 0 Å². The molecular formula is C15H20. The summed E-state index contributed by atoms with van der Waals surface area (Å²) in [6, 6.07) is 10.7. The number of hydrogen-bond donors (Lipinski definition) is 0. The highest BCUT2D eigenvalue weighted by Crippen LogP contribution is 2.38. The van der Waals surface area contributed by atoms with Crippen LogP contribution < -0.4 is 0 Å². The summed E-state index contributed by atoms with van der Waals surface area (Å²) in [4.78, 5) is 0. The Morgan fingerprint density at radius 1 is 1.00 bits per heavy atom. The summed E-state index contributed by atoms with van der Waals surface area (Å²) in [5.41, 5.74) is 3.54. The van der Waals surface area contributed by atoms with Gasteiger partial charge in [-0.2, -0.15) is 0 Å². The van der Waals surface area contributed by atoms with Crippen molar-refractivity contribution in [3.8, 4) is 0 Å². The van der Waals surface area contributed by atoms with E-state index >= 15 is 0 Å². The first kappa shape index (κ1) is 10.5. The van der Waals surface area contributed by atoms with Gasteiger partial charge < -0.3 is 0 Å². The third kappa shape index (κ3) is 2.95. The number of allylic oxidation sites excluding steroid dienone is 1. The van der Waals surface area contributed by atoms with Crippen LogP contribution in [0.2, 0.25) is 0 Å². The molecule has 0 unspecified atom stereocenters. The number of hydrogen-bond acceptors (Lipinski definition) is 0. The van der Waals surface area contributed by atoms with Crippen LogP contribution in [0.5, 0.6) is 0 Å². The van der Waals surface area contributed by atoms with Crippen LogP contribution in [-0.2, 0) is 0 Å². The minimum absolute atomic E-state index is 0.564. The Morgan fingerprint density at radius 2 is 1.60 bits per heavy atom. The first-order valence-electron chi connectivity index (χ1n) is 5.90. The second-order valence-corrected chi connectivity index (χ2v) is 5.38. The molecule has 0 aromatic heterocycles. The standard InChI is InChI=1S/C15H20/c1-15(2)10-8-14(9-11-15)12-13-6-4-3-5-7-13/h3-7,12H,8-11H2,1-2H3. The molecule has 2 rings (SSSR count). The van der Waals surface area contributed by atoms with Gasteiger partial charge in [-0.1, -0.05) is 55.8 Å². The molecule has 0 bridgehead atoms. The molecule has 0 N–H and O–H groups in total. The van der Waals surface area contributed by atoms with Crippen molar-refractivity contribution in [1.82, 2.24) is 0 Å². The van der Waals surface area contributed by atoms with Gasteiger partial charge >= 0.3 is 0 Å². The fraction of sp³-hybridized carbons (Fsp3) is 0.467. The van der Waals surface area contributed by atoms with Gasteiger partial charge in [0.15, 0.2) is 0 Å². The second-order valence-electron chi connectivity index (χ2n) is 5.38. The molecular weight excluding hydrogens is 180 g/mol. The van der Waals surface area contributed by atoms with Gasteiger partial charge in [-0.3, -0.25) is 0 Å². The Labute approximate surface area is 93.0 Å². The average Bonchev–Trinajstić information content (AvgIpc) is 2.23. The minimum Gasteiger partial charge on any atom is -0.0696 e. The molecule has 1 aromatic rings. The summed E-state index contributed by atoms with van der Waals surface area (Å²) in [5.74, 6) is 0. The Morgan fingerprint density at radius 3 is 2.20 bits per heavy atom. The quantitative estimate of drug-likeness (QED) is 0.618. The van der Waals surface area contributed by atoms with E-state index in [1.165, 1.54) is 31.2 Å². The van der Waals surface area contributed by atoms with Gasteiger partial charge in [0, 0.05) is 0 Å². The molecule has 0 heteroatoms. The molecule has 0 aliphatic heterocycles. The molecule has 15 heavy (non-hydrogen) atoms. The zero-order chi connectivity index (χ0) is 10.7. The second kappa shape index (κ2) is 4.22. The van der Waals surface area contributed by atoms with Crippen molar-refractivity contribution in [2.75, 3.05) is 0 Å². The molecule has 0 atom stereocenters. The maximum atomic E-state index is 2.38. The number of benzene rings is 1. The van der Waals surface area contributed by atoms with Crippen molar-refractivity contribution >= 4 is 6.08 Å². The molecule has 1 aliphatic carbocycles. The third-order valence-electron chi connectivity index (χ3n) is 3.42. The largest absolute Gasteiger partial charge is 0.0696 e. The first-order chi connectivity index (χ1) is 7.16. The monoisotopic (exact) mass is 200 g/mol. The topological polar surface area (TPSA) is 0 Å². The van der Waals surface area contributed by atoms with E-state index < -0.39 is 0 Å². The predicted octanol–water partition coefficient (Wildman–Crippen LogP) is 4.67. The van der Waals surface area contributed by atoms with Crippen LogP contribution >= 0.6 is 0 Å². The SMILES string of the molecule is CC1(C)CCC(=Cc2ccccc2)CC1. The molecule has 0 radical (unpaired) electrons. The zero-order valence-electron chi connectivity index (χ0n) is 9.79. The van der Waals surface area contributed by atoms with E-state index in [2.05, 4.69) is 50.3 Å². The van der Waals surface area contributed by atoms with Gasteiger partial charge in [-0.15, -0.1) is 0 Å². The van der Waals surface area contributed by atoms with E-state index in [4.69, 9.17) is 0 Å². The van der Waals surface area contributed by atoms with Crippen LogP contribution in [0.3, 0.4) is 0 Å². The van der Waals surface area contributed by atoms with Crippen LogP contribution in [0.4, 0.5) is 0 Å². The lowest BCUT2D eigenvalue weighted by atomic mass is 9.75. The highest BCUT2D eigenvalue weighted by atomic mass is 14.3. The van der Waals surface area contributed by atoms with Gasteiger partial charge in [-0.25, -0.2) is 0 Å². The van der Waals surface area contributed by atoms with Crippen molar-refractivity contribution in [2.24, 2.45) is 5.41 Å². The van der Waals surface area contributed by atoms with E-state index in [0.717, 1.165) is 0 Å². The normalized spacial score (nSPS) is 20.0. The van der Waals surface area contributed by atoms with Crippen molar-refractivity contribution in [3.63, 3.8) is 0 Å². The van der Waals surface area contributed by atoms with E-state index in [1.54, 1.807) is 5.57 Å². The molecule has 1 aromatic carbocycles. The Hall–Kier alpha value is -1.04. The lowest BCUT2D eigenvalue weighted by Gasteiger charge is -2.30. The molecule has 0 heterocycles. The summed E-state index contributed by atoms with van der Waals surface area (Å²) in [6.45, 7) is 4.76.